The minimum atomic E-state index is 0.628. The number of anilines is 1. The Kier molecular flexibility index (Phi) is 6.04. The molecular formula is C22H27N7. The molecule has 1 aliphatic rings. The zero-order valence-corrected chi connectivity index (χ0v) is 16.8. The predicted molar refractivity (Wildman–Crippen MR) is 117 cm³/mol. The Bertz CT molecular complexity index is 913. The molecule has 7 heteroatoms. The maximum absolute atomic E-state index is 4.89. The summed E-state index contributed by atoms with van der Waals surface area (Å²) in [4.78, 5) is 13.9. The largest absolute Gasteiger partial charge is 0.368 e. The second kappa shape index (κ2) is 9.23. The highest BCUT2D eigenvalue weighted by Gasteiger charge is 2.19. The highest BCUT2D eigenvalue weighted by molar-refractivity contribution is 5.80. The maximum Gasteiger partial charge on any atom is 0.194 e. The van der Waals surface area contributed by atoms with Gasteiger partial charge in [0.1, 0.15) is 6.33 Å². The molecule has 1 aliphatic heterocycles. The second-order valence-corrected chi connectivity index (χ2v) is 7.01. The number of guanidine groups is 1. The summed E-state index contributed by atoms with van der Waals surface area (Å²) in [5.41, 5.74) is 3.47. The van der Waals surface area contributed by atoms with Crippen LogP contribution >= 0.6 is 0 Å². The average molecular weight is 390 g/mol. The smallest absolute Gasteiger partial charge is 0.194 e. The Balaban J connectivity index is 1.41. The molecule has 150 valence electrons. The van der Waals surface area contributed by atoms with E-state index in [2.05, 4.69) is 79.7 Å². The molecule has 0 spiro atoms. The molecule has 0 atom stereocenters. The van der Waals surface area contributed by atoms with Gasteiger partial charge in [-0.2, -0.15) is 5.10 Å². The number of nitrogens with zero attached hydrogens (tertiary/aromatic N) is 5. The Morgan fingerprint density at radius 1 is 1.07 bits per heavy atom. The van der Waals surface area contributed by atoms with E-state index in [-0.39, 0.29) is 0 Å². The summed E-state index contributed by atoms with van der Waals surface area (Å²) in [7, 11) is 0. The fourth-order valence-corrected chi connectivity index (χ4v) is 3.57. The van der Waals surface area contributed by atoms with Crippen LogP contribution in [0, 0.1) is 0 Å². The molecule has 7 nitrogen and oxygen atoms in total. The number of hydrogen-bond donors (Lipinski definition) is 2. The fraction of sp³-hybridized carbons (Fsp3) is 0.318. The third-order valence-corrected chi connectivity index (χ3v) is 5.06. The Morgan fingerprint density at radius 3 is 2.62 bits per heavy atom. The monoisotopic (exact) mass is 389 g/mol. The van der Waals surface area contributed by atoms with Crippen LogP contribution in [0.25, 0.3) is 11.4 Å². The van der Waals surface area contributed by atoms with Crippen molar-refractivity contribution in [2.24, 2.45) is 4.99 Å². The third kappa shape index (κ3) is 4.74. The summed E-state index contributed by atoms with van der Waals surface area (Å²) in [5, 5.41) is 10.3. The van der Waals surface area contributed by atoms with Crippen molar-refractivity contribution in [2.75, 3.05) is 37.6 Å². The van der Waals surface area contributed by atoms with Gasteiger partial charge in [-0.15, -0.1) is 0 Å². The summed E-state index contributed by atoms with van der Waals surface area (Å²) < 4.78 is 0. The molecule has 29 heavy (non-hydrogen) atoms. The van der Waals surface area contributed by atoms with E-state index in [1.165, 1.54) is 12.0 Å². The molecule has 0 aliphatic carbocycles. The van der Waals surface area contributed by atoms with E-state index in [0.29, 0.717) is 6.54 Å². The molecule has 1 saturated heterocycles. The van der Waals surface area contributed by atoms with Gasteiger partial charge < -0.3 is 15.1 Å². The zero-order chi connectivity index (χ0) is 19.9. The van der Waals surface area contributed by atoms with E-state index in [1.54, 1.807) is 0 Å². The number of benzene rings is 2. The van der Waals surface area contributed by atoms with Crippen LogP contribution in [-0.2, 0) is 6.54 Å². The summed E-state index contributed by atoms with van der Waals surface area (Å²) in [5.74, 6) is 1.75. The minimum Gasteiger partial charge on any atom is -0.368 e. The highest BCUT2D eigenvalue weighted by Crippen LogP contribution is 2.17. The number of piperazine rings is 1. The van der Waals surface area contributed by atoms with Crippen LogP contribution in [-0.4, -0.2) is 58.8 Å². The van der Waals surface area contributed by atoms with Crippen molar-refractivity contribution in [3.8, 4) is 11.4 Å². The number of aromatic nitrogens is 3. The lowest BCUT2D eigenvalue weighted by Crippen LogP contribution is -2.52. The molecule has 1 fully saturated rings. The Morgan fingerprint density at radius 2 is 1.90 bits per heavy atom. The maximum atomic E-state index is 4.89. The van der Waals surface area contributed by atoms with Crippen LogP contribution in [0.3, 0.4) is 0 Å². The SMILES string of the molecule is CCNC(=NCc1cccc(-c2ncn[nH]2)c1)N1CCN(c2ccccc2)CC1. The Hall–Kier alpha value is -3.35. The van der Waals surface area contributed by atoms with E-state index in [9.17, 15) is 0 Å². The first-order chi connectivity index (χ1) is 14.3. The number of nitrogens with one attached hydrogen (secondary N) is 2. The standard InChI is InChI=1S/C22H27N7/c1-2-23-22(29-13-11-28(12-14-29)20-9-4-3-5-10-20)24-16-18-7-6-8-19(15-18)21-25-17-26-27-21/h3-10,15,17H,2,11-14,16H2,1H3,(H,23,24)(H,25,26,27). The van der Waals surface area contributed by atoms with Crippen molar-refractivity contribution in [3.63, 3.8) is 0 Å². The highest BCUT2D eigenvalue weighted by atomic mass is 15.3. The van der Waals surface area contributed by atoms with Gasteiger partial charge in [-0.3, -0.25) is 5.10 Å². The zero-order valence-electron chi connectivity index (χ0n) is 16.8. The Labute approximate surface area is 171 Å². The summed E-state index contributed by atoms with van der Waals surface area (Å²) in [6.07, 6.45) is 1.53. The number of hydrogen-bond acceptors (Lipinski definition) is 4. The molecule has 3 aromatic rings. The van der Waals surface area contributed by atoms with Crippen LogP contribution < -0.4 is 10.2 Å². The molecule has 0 saturated carbocycles. The molecule has 2 aromatic carbocycles. The number of aliphatic imine (C=N–C) groups is 1. The lowest BCUT2D eigenvalue weighted by atomic mass is 10.1. The van der Waals surface area contributed by atoms with Crippen LogP contribution in [0.4, 0.5) is 5.69 Å². The van der Waals surface area contributed by atoms with Crippen LogP contribution in [0.5, 0.6) is 0 Å². The van der Waals surface area contributed by atoms with Crippen LogP contribution in [0.2, 0.25) is 0 Å². The van der Waals surface area contributed by atoms with Crippen molar-refractivity contribution < 1.29 is 0 Å². The van der Waals surface area contributed by atoms with Crippen molar-refractivity contribution in [2.45, 2.75) is 13.5 Å². The van der Waals surface area contributed by atoms with Gasteiger partial charge in [0, 0.05) is 44.0 Å². The van der Waals surface area contributed by atoms with Crippen LogP contribution in [0.15, 0.2) is 65.9 Å². The van der Waals surface area contributed by atoms with E-state index < -0.39 is 0 Å². The van der Waals surface area contributed by atoms with Gasteiger partial charge >= 0.3 is 0 Å². The molecule has 1 aromatic heterocycles. The topological polar surface area (TPSA) is 72.4 Å². The van der Waals surface area contributed by atoms with Gasteiger partial charge in [0.05, 0.1) is 6.54 Å². The van der Waals surface area contributed by atoms with Gasteiger partial charge in [0.15, 0.2) is 11.8 Å². The quantitative estimate of drug-likeness (QED) is 0.519. The van der Waals surface area contributed by atoms with Crippen molar-refractivity contribution >= 4 is 11.6 Å². The molecule has 4 rings (SSSR count). The van der Waals surface area contributed by atoms with Crippen molar-refractivity contribution in [3.05, 3.63) is 66.5 Å². The molecule has 0 amide bonds. The van der Waals surface area contributed by atoms with Gasteiger partial charge in [-0.25, -0.2) is 9.98 Å². The average Bonchev–Trinajstić information content (AvgIpc) is 3.33. The number of para-hydroxylation sites is 1. The first kappa shape index (κ1) is 19.0. The molecule has 2 heterocycles. The van der Waals surface area contributed by atoms with Crippen molar-refractivity contribution in [1.82, 2.24) is 25.4 Å². The van der Waals surface area contributed by atoms with E-state index in [1.807, 2.05) is 12.1 Å². The van der Waals surface area contributed by atoms with E-state index in [4.69, 9.17) is 4.99 Å². The third-order valence-electron chi connectivity index (χ3n) is 5.06. The summed E-state index contributed by atoms with van der Waals surface area (Å²) in [6, 6.07) is 18.9. The van der Waals surface area contributed by atoms with Gasteiger partial charge in [0.25, 0.3) is 0 Å². The minimum absolute atomic E-state index is 0.628. The van der Waals surface area contributed by atoms with Gasteiger partial charge in [0.2, 0.25) is 0 Å². The molecule has 0 radical (unpaired) electrons. The van der Waals surface area contributed by atoms with Crippen LogP contribution in [0.1, 0.15) is 12.5 Å². The van der Waals surface area contributed by atoms with Gasteiger partial charge in [-0.05, 0) is 30.7 Å². The lowest BCUT2D eigenvalue weighted by molar-refractivity contribution is 0.372. The number of H-pyrrole nitrogens is 1. The first-order valence-electron chi connectivity index (χ1n) is 10.1. The predicted octanol–water partition coefficient (Wildman–Crippen LogP) is 2.76. The molecule has 2 N–H and O–H groups in total. The lowest BCUT2D eigenvalue weighted by Gasteiger charge is -2.37. The molecule has 0 bridgehead atoms. The molecule has 0 unspecified atom stereocenters. The van der Waals surface area contributed by atoms with E-state index in [0.717, 1.165) is 55.6 Å². The van der Waals surface area contributed by atoms with E-state index >= 15 is 0 Å². The second-order valence-electron chi connectivity index (χ2n) is 7.01. The summed E-state index contributed by atoms with van der Waals surface area (Å²) in [6.45, 7) is 7.50. The normalized spacial score (nSPS) is 14.9. The van der Waals surface area contributed by atoms with Crippen molar-refractivity contribution in [1.29, 1.82) is 0 Å². The summed E-state index contributed by atoms with van der Waals surface area (Å²) >= 11 is 0. The number of rotatable bonds is 5. The van der Waals surface area contributed by atoms with Gasteiger partial charge in [-0.1, -0.05) is 36.4 Å². The first-order valence-corrected chi connectivity index (χ1v) is 10.1. The fourth-order valence-electron chi connectivity index (χ4n) is 3.57. The molecular weight excluding hydrogens is 362 g/mol. The number of aromatic amines is 1.